The van der Waals surface area contributed by atoms with E-state index in [9.17, 15) is 0 Å². The molecule has 0 aliphatic heterocycles. The Kier molecular flexibility index (Phi) is 5.73. The Balaban J connectivity index is 2.36. The summed E-state index contributed by atoms with van der Waals surface area (Å²) in [5, 5.41) is 1.66. The molecule has 0 bridgehead atoms. The number of nitrogens with one attached hydrogen (secondary N) is 1. The molecule has 1 atom stereocenters. The topological polar surface area (TPSA) is 47.3 Å². The highest BCUT2D eigenvalue weighted by Crippen LogP contribution is 2.33. The molecule has 0 radical (unpaired) electrons. The number of methoxy groups -OCH3 is 1. The van der Waals surface area contributed by atoms with Crippen molar-refractivity contribution >= 4 is 34.8 Å². The van der Waals surface area contributed by atoms with Gasteiger partial charge in [0.2, 0.25) is 0 Å². The van der Waals surface area contributed by atoms with Gasteiger partial charge in [-0.25, -0.2) is 0 Å². The highest BCUT2D eigenvalue weighted by atomic mass is 35.5. The van der Waals surface area contributed by atoms with Gasteiger partial charge >= 0.3 is 0 Å². The first-order valence-corrected chi connectivity index (χ1v) is 7.42. The molecule has 3 N–H and O–H groups in total. The minimum absolute atomic E-state index is 0.199. The SMILES string of the molecule is COc1ccc(Cl)cc1C(Cc1cccc(Cl)c1Cl)NN. The lowest BCUT2D eigenvalue weighted by Gasteiger charge is -2.20. The third kappa shape index (κ3) is 3.82. The first-order chi connectivity index (χ1) is 10.1. The molecule has 0 saturated heterocycles. The number of nitrogens with two attached hydrogens (primary N) is 1. The Hall–Kier alpha value is -0.970. The zero-order chi connectivity index (χ0) is 15.4. The molecule has 3 nitrogen and oxygen atoms in total. The predicted molar refractivity (Wildman–Crippen MR) is 88.2 cm³/mol. The van der Waals surface area contributed by atoms with Gasteiger partial charge in [0.15, 0.2) is 0 Å². The summed E-state index contributed by atoms with van der Waals surface area (Å²) in [5.74, 6) is 6.40. The molecular formula is C15H15Cl3N2O. The quantitative estimate of drug-likeness (QED) is 0.623. The van der Waals surface area contributed by atoms with Crippen molar-refractivity contribution < 1.29 is 4.74 Å². The van der Waals surface area contributed by atoms with Crippen molar-refractivity contribution in [1.29, 1.82) is 0 Å². The fraction of sp³-hybridized carbons (Fsp3) is 0.200. The largest absolute Gasteiger partial charge is 0.496 e. The maximum absolute atomic E-state index is 6.23. The lowest BCUT2D eigenvalue weighted by atomic mass is 9.98. The van der Waals surface area contributed by atoms with E-state index in [1.54, 1.807) is 19.2 Å². The maximum Gasteiger partial charge on any atom is 0.123 e. The van der Waals surface area contributed by atoms with Crippen LogP contribution in [0.3, 0.4) is 0 Å². The molecule has 0 amide bonds. The van der Waals surface area contributed by atoms with Crippen molar-refractivity contribution in [1.82, 2.24) is 5.43 Å². The molecule has 0 aliphatic rings. The molecule has 0 saturated carbocycles. The monoisotopic (exact) mass is 344 g/mol. The van der Waals surface area contributed by atoms with Crippen molar-refractivity contribution in [2.45, 2.75) is 12.5 Å². The Morgan fingerprint density at radius 3 is 2.62 bits per heavy atom. The van der Waals surface area contributed by atoms with E-state index in [4.69, 9.17) is 45.4 Å². The van der Waals surface area contributed by atoms with Crippen LogP contribution in [0.25, 0.3) is 0 Å². The number of halogens is 3. The molecule has 0 aliphatic carbocycles. The van der Waals surface area contributed by atoms with E-state index in [0.29, 0.717) is 27.2 Å². The van der Waals surface area contributed by atoms with E-state index >= 15 is 0 Å². The van der Waals surface area contributed by atoms with Gasteiger partial charge < -0.3 is 4.74 Å². The maximum atomic E-state index is 6.23. The highest BCUT2D eigenvalue weighted by Gasteiger charge is 2.18. The van der Waals surface area contributed by atoms with Gasteiger partial charge in [0.25, 0.3) is 0 Å². The minimum Gasteiger partial charge on any atom is -0.496 e. The van der Waals surface area contributed by atoms with Gasteiger partial charge in [0.1, 0.15) is 5.75 Å². The van der Waals surface area contributed by atoms with Crippen molar-refractivity contribution in [3.8, 4) is 5.75 Å². The van der Waals surface area contributed by atoms with Gasteiger partial charge in [-0.15, -0.1) is 0 Å². The van der Waals surface area contributed by atoms with Crippen LogP contribution in [0.5, 0.6) is 5.75 Å². The van der Waals surface area contributed by atoms with Crippen molar-refractivity contribution in [3.63, 3.8) is 0 Å². The van der Waals surface area contributed by atoms with Crippen LogP contribution >= 0.6 is 34.8 Å². The summed E-state index contributed by atoms with van der Waals surface area (Å²) >= 11 is 18.3. The third-order valence-electron chi connectivity index (χ3n) is 3.22. The van der Waals surface area contributed by atoms with E-state index in [1.807, 2.05) is 24.3 Å². The zero-order valence-electron chi connectivity index (χ0n) is 11.4. The van der Waals surface area contributed by atoms with Gasteiger partial charge in [-0.1, -0.05) is 46.9 Å². The van der Waals surface area contributed by atoms with Crippen LogP contribution in [0.1, 0.15) is 17.2 Å². The predicted octanol–water partition coefficient (Wildman–Crippen LogP) is 4.40. The molecular weight excluding hydrogens is 331 g/mol. The van der Waals surface area contributed by atoms with Crippen LogP contribution in [-0.4, -0.2) is 7.11 Å². The first-order valence-electron chi connectivity index (χ1n) is 6.29. The third-order valence-corrected chi connectivity index (χ3v) is 4.32. The molecule has 0 aromatic heterocycles. The molecule has 2 rings (SSSR count). The summed E-state index contributed by atoms with van der Waals surface area (Å²) in [6.45, 7) is 0. The van der Waals surface area contributed by atoms with Gasteiger partial charge in [-0.2, -0.15) is 0 Å². The number of hydrazine groups is 1. The normalized spacial score (nSPS) is 12.2. The molecule has 0 fully saturated rings. The average molecular weight is 346 g/mol. The van der Waals surface area contributed by atoms with E-state index in [0.717, 1.165) is 11.1 Å². The summed E-state index contributed by atoms with van der Waals surface area (Å²) in [6.07, 6.45) is 0.562. The second kappa shape index (κ2) is 7.34. The lowest BCUT2D eigenvalue weighted by molar-refractivity contribution is 0.399. The Labute approximate surface area is 138 Å². The minimum atomic E-state index is -0.199. The van der Waals surface area contributed by atoms with Crippen LogP contribution in [-0.2, 0) is 6.42 Å². The molecule has 1 unspecified atom stereocenters. The second-order valence-corrected chi connectivity index (χ2v) is 5.74. The Morgan fingerprint density at radius 1 is 1.19 bits per heavy atom. The van der Waals surface area contributed by atoms with Crippen molar-refractivity contribution in [2.24, 2.45) is 5.84 Å². The number of rotatable bonds is 5. The fourth-order valence-corrected chi connectivity index (χ4v) is 2.74. The number of hydrogen-bond acceptors (Lipinski definition) is 3. The van der Waals surface area contributed by atoms with Crippen LogP contribution in [0.15, 0.2) is 36.4 Å². The Bertz CT molecular complexity index is 634. The smallest absolute Gasteiger partial charge is 0.123 e. The van der Waals surface area contributed by atoms with E-state index in [2.05, 4.69) is 5.43 Å². The zero-order valence-corrected chi connectivity index (χ0v) is 13.6. The molecule has 0 spiro atoms. The number of hydrogen-bond donors (Lipinski definition) is 2. The van der Waals surface area contributed by atoms with Crippen molar-refractivity contribution in [3.05, 3.63) is 62.6 Å². The summed E-state index contributed by atoms with van der Waals surface area (Å²) in [7, 11) is 1.60. The molecule has 2 aromatic rings. The summed E-state index contributed by atoms with van der Waals surface area (Å²) in [6, 6.07) is 10.7. The average Bonchev–Trinajstić information content (AvgIpc) is 2.49. The van der Waals surface area contributed by atoms with Crippen LogP contribution in [0, 0.1) is 0 Å². The first kappa shape index (κ1) is 16.4. The van der Waals surface area contributed by atoms with Crippen LogP contribution in [0.2, 0.25) is 15.1 Å². The number of ether oxygens (including phenoxy) is 1. The van der Waals surface area contributed by atoms with E-state index in [-0.39, 0.29) is 6.04 Å². The lowest BCUT2D eigenvalue weighted by Crippen LogP contribution is -2.30. The highest BCUT2D eigenvalue weighted by molar-refractivity contribution is 6.42. The number of benzene rings is 2. The Morgan fingerprint density at radius 2 is 1.95 bits per heavy atom. The van der Waals surface area contributed by atoms with Crippen molar-refractivity contribution in [2.75, 3.05) is 7.11 Å². The standard InChI is InChI=1S/C15H15Cl3N2O/c1-21-14-6-5-10(16)8-11(14)13(20-19)7-9-3-2-4-12(17)15(9)18/h2-6,8,13,20H,7,19H2,1H3. The molecule has 21 heavy (non-hydrogen) atoms. The van der Waals surface area contributed by atoms with E-state index < -0.39 is 0 Å². The van der Waals surface area contributed by atoms with Gasteiger partial charge in [0, 0.05) is 10.6 Å². The second-order valence-electron chi connectivity index (χ2n) is 4.52. The van der Waals surface area contributed by atoms with Gasteiger partial charge in [-0.3, -0.25) is 11.3 Å². The summed E-state index contributed by atoms with van der Waals surface area (Å²) < 4.78 is 5.36. The molecule has 6 heteroatoms. The molecule has 2 aromatic carbocycles. The van der Waals surface area contributed by atoms with Gasteiger partial charge in [-0.05, 0) is 36.2 Å². The molecule has 112 valence electrons. The fourth-order valence-electron chi connectivity index (χ4n) is 2.16. The summed E-state index contributed by atoms with van der Waals surface area (Å²) in [5.41, 5.74) is 4.54. The van der Waals surface area contributed by atoms with Gasteiger partial charge in [0.05, 0.1) is 23.2 Å². The van der Waals surface area contributed by atoms with Crippen LogP contribution < -0.4 is 16.0 Å². The summed E-state index contributed by atoms with van der Waals surface area (Å²) in [4.78, 5) is 0. The molecule has 0 heterocycles. The van der Waals surface area contributed by atoms with E-state index in [1.165, 1.54) is 0 Å². The van der Waals surface area contributed by atoms with Crippen LogP contribution in [0.4, 0.5) is 0 Å².